The Hall–Kier alpha value is -2.12. The van der Waals surface area contributed by atoms with E-state index < -0.39 is 0 Å². The van der Waals surface area contributed by atoms with Crippen LogP contribution in [0.2, 0.25) is 0 Å². The van der Waals surface area contributed by atoms with Crippen LogP contribution in [0.15, 0.2) is 62.6 Å². The number of carbonyl (C=O) groups is 1. The van der Waals surface area contributed by atoms with E-state index in [1.165, 1.54) is 17.3 Å². The highest BCUT2D eigenvalue weighted by Crippen LogP contribution is 2.32. The third kappa shape index (κ3) is 3.41. The van der Waals surface area contributed by atoms with Gasteiger partial charge in [-0.2, -0.15) is 0 Å². The molecule has 0 saturated carbocycles. The molecule has 0 saturated heterocycles. The molecule has 0 fully saturated rings. The minimum atomic E-state index is -0.308. The van der Waals surface area contributed by atoms with Crippen molar-refractivity contribution in [3.63, 3.8) is 0 Å². The highest BCUT2D eigenvalue weighted by molar-refractivity contribution is 9.10. The molecule has 1 atom stereocenters. The van der Waals surface area contributed by atoms with Crippen molar-refractivity contribution in [2.75, 3.05) is 11.4 Å². The van der Waals surface area contributed by atoms with E-state index in [2.05, 4.69) is 32.2 Å². The highest BCUT2D eigenvalue weighted by Gasteiger charge is 2.29. The minimum Gasteiger partial charge on any atom is -0.411 e. The summed E-state index contributed by atoms with van der Waals surface area (Å²) in [6.45, 7) is 2.59. The van der Waals surface area contributed by atoms with Gasteiger partial charge >= 0.3 is 0 Å². The first-order valence-electron chi connectivity index (χ1n) is 8.27. The van der Waals surface area contributed by atoms with Crippen LogP contribution in [0.25, 0.3) is 11.5 Å². The standard InChI is InChI=1S/C19H16BrN3O2S/c1-12(18(24)23-10-9-13-5-2-3-8-16(13)23)26-19-22-21-17(25-19)14-6-4-7-15(20)11-14/h2-8,11-12H,9-10H2,1H3/t12-/m1/s1. The van der Waals surface area contributed by atoms with Gasteiger partial charge in [0, 0.05) is 22.3 Å². The molecule has 26 heavy (non-hydrogen) atoms. The molecule has 0 spiro atoms. The summed E-state index contributed by atoms with van der Waals surface area (Å²) >= 11 is 4.72. The third-order valence-electron chi connectivity index (χ3n) is 4.26. The van der Waals surface area contributed by atoms with Gasteiger partial charge in [-0.25, -0.2) is 0 Å². The van der Waals surface area contributed by atoms with Gasteiger partial charge in [-0.15, -0.1) is 10.2 Å². The van der Waals surface area contributed by atoms with Gasteiger partial charge < -0.3 is 9.32 Å². The van der Waals surface area contributed by atoms with E-state index in [9.17, 15) is 4.79 Å². The van der Waals surface area contributed by atoms with Crippen molar-refractivity contribution in [3.8, 4) is 11.5 Å². The molecule has 0 unspecified atom stereocenters. The molecule has 0 radical (unpaired) electrons. The van der Waals surface area contributed by atoms with Crippen LogP contribution < -0.4 is 4.90 Å². The number of benzene rings is 2. The van der Waals surface area contributed by atoms with Crippen molar-refractivity contribution in [3.05, 3.63) is 58.6 Å². The average Bonchev–Trinajstić information content (AvgIpc) is 3.28. The molecule has 1 aliphatic rings. The average molecular weight is 430 g/mol. The molecule has 0 aliphatic carbocycles. The van der Waals surface area contributed by atoms with Crippen molar-refractivity contribution >= 4 is 39.3 Å². The zero-order valence-corrected chi connectivity index (χ0v) is 16.5. The number of rotatable bonds is 4. The normalized spacial score (nSPS) is 14.3. The fourth-order valence-corrected chi connectivity index (χ4v) is 4.13. The smallest absolute Gasteiger partial charge is 0.277 e. The molecule has 2 heterocycles. The second kappa shape index (κ2) is 7.25. The van der Waals surface area contributed by atoms with E-state index in [1.54, 1.807) is 0 Å². The van der Waals surface area contributed by atoms with Crippen molar-refractivity contribution in [1.29, 1.82) is 0 Å². The van der Waals surface area contributed by atoms with Gasteiger partial charge in [-0.05, 0) is 43.2 Å². The lowest BCUT2D eigenvalue weighted by Gasteiger charge is -2.20. The molecular weight excluding hydrogens is 414 g/mol. The lowest BCUT2D eigenvalue weighted by molar-refractivity contribution is -0.117. The summed E-state index contributed by atoms with van der Waals surface area (Å²) in [5.74, 6) is 0.502. The van der Waals surface area contributed by atoms with Gasteiger partial charge in [0.2, 0.25) is 11.8 Å². The number of hydrogen-bond donors (Lipinski definition) is 0. The monoisotopic (exact) mass is 429 g/mol. The van der Waals surface area contributed by atoms with E-state index >= 15 is 0 Å². The molecule has 0 bridgehead atoms. The lowest BCUT2D eigenvalue weighted by Crippen LogP contribution is -2.35. The van der Waals surface area contributed by atoms with Gasteiger partial charge in [-0.3, -0.25) is 4.79 Å². The number of aromatic nitrogens is 2. The number of anilines is 1. The van der Waals surface area contributed by atoms with Crippen LogP contribution in [0.4, 0.5) is 5.69 Å². The molecule has 2 aromatic carbocycles. The molecule has 7 heteroatoms. The first kappa shape index (κ1) is 17.3. The van der Waals surface area contributed by atoms with E-state index in [-0.39, 0.29) is 11.2 Å². The molecule has 0 N–H and O–H groups in total. The van der Waals surface area contributed by atoms with Crippen molar-refractivity contribution in [2.45, 2.75) is 23.8 Å². The van der Waals surface area contributed by atoms with E-state index in [4.69, 9.17) is 4.42 Å². The lowest BCUT2D eigenvalue weighted by atomic mass is 10.2. The summed E-state index contributed by atoms with van der Waals surface area (Å²) in [4.78, 5) is 14.7. The van der Waals surface area contributed by atoms with Crippen LogP contribution in [-0.2, 0) is 11.2 Å². The predicted molar refractivity (Wildman–Crippen MR) is 105 cm³/mol. The van der Waals surface area contributed by atoms with E-state index in [0.717, 1.165) is 28.7 Å². The van der Waals surface area contributed by atoms with Crippen molar-refractivity contribution in [1.82, 2.24) is 10.2 Å². The molecule has 4 rings (SSSR count). The number of amides is 1. The van der Waals surface area contributed by atoms with Crippen LogP contribution in [0.5, 0.6) is 0 Å². The maximum absolute atomic E-state index is 12.8. The second-order valence-corrected chi connectivity index (χ2v) is 8.22. The number of carbonyl (C=O) groups excluding carboxylic acids is 1. The minimum absolute atomic E-state index is 0.0576. The molecule has 132 valence electrons. The molecule has 3 aromatic rings. The van der Waals surface area contributed by atoms with Gasteiger partial charge in [0.15, 0.2) is 0 Å². The Bertz CT molecular complexity index is 959. The Balaban J connectivity index is 1.47. The SMILES string of the molecule is C[C@@H](Sc1nnc(-c2cccc(Br)c2)o1)C(=O)N1CCc2ccccc21. The largest absolute Gasteiger partial charge is 0.411 e. The Labute approximate surface area is 163 Å². The fourth-order valence-electron chi connectivity index (χ4n) is 2.98. The summed E-state index contributed by atoms with van der Waals surface area (Å²) in [5.41, 5.74) is 3.06. The number of para-hydroxylation sites is 1. The van der Waals surface area contributed by atoms with Gasteiger partial charge in [0.1, 0.15) is 0 Å². The molecular formula is C19H16BrN3O2S. The van der Waals surface area contributed by atoms with E-state index in [0.29, 0.717) is 11.1 Å². The maximum atomic E-state index is 12.8. The Morgan fingerprint density at radius 1 is 1.23 bits per heavy atom. The van der Waals surface area contributed by atoms with E-state index in [1.807, 2.05) is 54.3 Å². The number of hydrogen-bond acceptors (Lipinski definition) is 5. The molecule has 1 aromatic heterocycles. The summed E-state index contributed by atoms with van der Waals surface area (Å²) in [7, 11) is 0. The first-order valence-corrected chi connectivity index (χ1v) is 9.94. The maximum Gasteiger partial charge on any atom is 0.277 e. The zero-order chi connectivity index (χ0) is 18.1. The summed E-state index contributed by atoms with van der Waals surface area (Å²) in [5, 5.41) is 8.25. The second-order valence-electron chi connectivity index (χ2n) is 6.01. The van der Waals surface area contributed by atoms with Gasteiger partial charge in [-0.1, -0.05) is 52.0 Å². The summed E-state index contributed by atoms with van der Waals surface area (Å²) in [6, 6.07) is 15.7. The Kier molecular flexibility index (Phi) is 4.82. The Morgan fingerprint density at radius 3 is 2.92 bits per heavy atom. The van der Waals surface area contributed by atoms with Crippen molar-refractivity contribution < 1.29 is 9.21 Å². The number of thioether (sulfide) groups is 1. The summed E-state index contributed by atoms with van der Waals surface area (Å²) < 4.78 is 6.67. The Morgan fingerprint density at radius 2 is 2.08 bits per heavy atom. The predicted octanol–water partition coefficient (Wildman–Crippen LogP) is 4.57. The highest BCUT2D eigenvalue weighted by atomic mass is 79.9. The number of halogens is 1. The van der Waals surface area contributed by atoms with Crippen LogP contribution in [0.1, 0.15) is 12.5 Å². The summed E-state index contributed by atoms with van der Waals surface area (Å²) in [6.07, 6.45) is 0.896. The van der Waals surface area contributed by atoms with Crippen LogP contribution in [0, 0.1) is 0 Å². The van der Waals surface area contributed by atoms with Crippen LogP contribution in [0.3, 0.4) is 0 Å². The number of nitrogens with zero attached hydrogens (tertiary/aromatic N) is 3. The van der Waals surface area contributed by atoms with Crippen LogP contribution in [-0.4, -0.2) is 27.9 Å². The first-order chi connectivity index (χ1) is 12.6. The molecule has 5 nitrogen and oxygen atoms in total. The zero-order valence-electron chi connectivity index (χ0n) is 14.1. The quantitative estimate of drug-likeness (QED) is 0.568. The third-order valence-corrected chi connectivity index (χ3v) is 5.67. The fraction of sp³-hybridized carbons (Fsp3) is 0.211. The number of fused-ring (bicyclic) bond motifs is 1. The topological polar surface area (TPSA) is 59.2 Å². The van der Waals surface area contributed by atoms with Gasteiger partial charge in [0.05, 0.1) is 5.25 Å². The van der Waals surface area contributed by atoms with Crippen LogP contribution >= 0.6 is 27.7 Å². The molecule has 1 aliphatic heterocycles. The molecule has 1 amide bonds. The van der Waals surface area contributed by atoms with Gasteiger partial charge in [0.25, 0.3) is 5.22 Å². The van der Waals surface area contributed by atoms with Crippen molar-refractivity contribution in [2.24, 2.45) is 0 Å².